The van der Waals surface area contributed by atoms with Gasteiger partial charge in [0, 0.05) is 28.7 Å². The number of allylic oxidation sites excluding steroid dienone is 3. The van der Waals surface area contributed by atoms with E-state index in [-0.39, 0.29) is 46.1 Å². The molecule has 0 spiro atoms. The van der Waals surface area contributed by atoms with Crippen molar-refractivity contribution in [2.24, 2.45) is 33.5 Å². The van der Waals surface area contributed by atoms with Gasteiger partial charge in [0.15, 0.2) is 11.6 Å². The number of hydrogen-bond donors (Lipinski definition) is 0. The molecule has 0 aromatic carbocycles. The zero-order chi connectivity index (χ0) is 24.0. The van der Waals surface area contributed by atoms with Crippen molar-refractivity contribution in [2.75, 3.05) is 0 Å². The number of ether oxygens (including phenoxy) is 1. The van der Waals surface area contributed by atoms with Crippen molar-refractivity contribution in [3.8, 4) is 0 Å². The Labute approximate surface area is 195 Å². The van der Waals surface area contributed by atoms with Crippen LogP contribution < -0.4 is 0 Å². The minimum atomic E-state index is -0.539. The summed E-state index contributed by atoms with van der Waals surface area (Å²) in [4.78, 5) is 38.6. The number of fused-ring (bicyclic) bond motifs is 5. The molecule has 0 saturated heterocycles. The number of esters is 1. The van der Waals surface area contributed by atoms with Gasteiger partial charge < -0.3 is 9.15 Å². The van der Waals surface area contributed by atoms with Crippen molar-refractivity contribution in [1.29, 1.82) is 0 Å². The third kappa shape index (κ3) is 2.74. The molecule has 0 unspecified atom stereocenters. The molecule has 2 fully saturated rings. The molecule has 1 aromatic rings. The van der Waals surface area contributed by atoms with Crippen molar-refractivity contribution in [3.63, 3.8) is 0 Å². The van der Waals surface area contributed by atoms with Crippen LogP contribution >= 0.6 is 0 Å². The second kappa shape index (κ2) is 6.80. The smallest absolute Gasteiger partial charge is 0.302 e. The number of furan rings is 1. The van der Waals surface area contributed by atoms with E-state index in [0.717, 1.165) is 24.0 Å². The van der Waals surface area contributed by atoms with Crippen LogP contribution in [0.25, 0.3) is 0 Å². The minimum absolute atomic E-state index is 0.0525. The van der Waals surface area contributed by atoms with Crippen molar-refractivity contribution >= 4 is 17.5 Å². The lowest BCUT2D eigenvalue weighted by atomic mass is 9.38. The Morgan fingerprint density at radius 1 is 1.12 bits per heavy atom. The van der Waals surface area contributed by atoms with Crippen molar-refractivity contribution < 1.29 is 23.5 Å². The first-order valence-corrected chi connectivity index (χ1v) is 12.1. The van der Waals surface area contributed by atoms with E-state index >= 15 is 0 Å². The average molecular weight is 451 g/mol. The SMILES string of the molecule is CC(=O)O[C@H]1C[C@@H]2C(C)(C)C(=O)C=C[C@]2(C)[C@@H]2CC[C@]3(C)C(=CC(=O)[C@@H]3c3ccoc3)[C@]12C. The molecule has 0 N–H and O–H groups in total. The highest BCUT2D eigenvalue weighted by Crippen LogP contribution is 2.72. The highest BCUT2D eigenvalue weighted by Gasteiger charge is 2.69. The largest absolute Gasteiger partial charge is 0.472 e. The summed E-state index contributed by atoms with van der Waals surface area (Å²) >= 11 is 0. The Morgan fingerprint density at radius 2 is 1.85 bits per heavy atom. The highest BCUT2D eigenvalue weighted by atomic mass is 16.5. The monoisotopic (exact) mass is 450 g/mol. The molecule has 4 aliphatic rings. The summed E-state index contributed by atoms with van der Waals surface area (Å²) in [6.07, 6.45) is 11.0. The molecule has 2 saturated carbocycles. The fourth-order valence-electron chi connectivity index (χ4n) is 8.44. The first-order valence-electron chi connectivity index (χ1n) is 12.1. The van der Waals surface area contributed by atoms with E-state index in [1.165, 1.54) is 6.92 Å². The maximum absolute atomic E-state index is 13.4. The third-order valence-electron chi connectivity index (χ3n) is 9.99. The molecular formula is C28H34O5. The molecule has 33 heavy (non-hydrogen) atoms. The van der Waals surface area contributed by atoms with Gasteiger partial charge in [0.05, 0.1) is 18.4 Å². The summed E-state index contributed by atoms with van der Waals surface area (Å²) in [5, 5.41) is 0. The van der Waals surface area contributed by atoms with Crippen LogP contribution in [0.2, 0.25) is 0 Å². The third-order valence-corrected chi connectivity index (χ3v) is 9.99. The van der Waals surface area contributed by atoms with E-state index in [0.29, 0.717) is 6.42 Å². The lowest BCUT2D eigenvalue weighted by molar-refractivity contribution is -0.187. The fraction of sp³-hybridized carbons (Fsp3) is 0.607. The van der Waals surface area contributed by atoms with E-state index in [9.17, 15) is 14.4 Å². The number of carbonyl (C=O) groups excluding carboxylic acids is 3. The Bertz CT molecular complexity index is 1090. The fourth-order valence-corrected chi connectivity index (χ4v) is 8.44. The van der Waals surface area contributed by atoms with Gasteiger partial charge in [-0.25, -0.2) is 0 Å². The van der Waals surface area contributed by atoms with Crippen LogP contribution in [0.5, 0.6) is 0 Å². The van der Waals surface area contributed by atoms with E-state index in [2.05, 4.69) is 26.8 Å². The molecule has 0 radical (unpaired) electrons. The predicted molar refractivity (Wildman–Crippen MR) is 123 cm³/mol. The molecule has 5 rings (SSSR count). The van der Waals surface area contributed by atoms with E-state index in [4.69, 9.17) is 9.15 Å². The van der Waals surface area contributed by atoms with Gasteiger partial charge in [0.1, 0.15) is 6.10 Å². The second-order valence-corrected chi connectivity index (χ2v) is 11.9. The summed E-state index contributed by atoms with van der Waals surface area (Å²) in [7, 11) is 0. The summed E-state index contributed by atoms with van der Waals surface area (Å²) in [6.45, 7) is 12.1. The second-order valence-electron chi connectivity index (χ2n) is 11.9. The van der Waals surface area contributed by atoms with E-state index in [1.54, 1.807) is 18.6 Å². The van der Waals surface area contributed by atoms with Gasteiger partial charge in [-0.3, -0.25) is 14.4 Å². The maximum atomic E-state index is 13.4. The normalized spacial score (nSPS) is 43.4. The summed E-state index contributed by atoms with van der Waals surface area (Å²) in [5.74, 6) is -0.177. The van der Waals surface area contributed by atoms with Gasteiger partial charge in [0.2, 0.25) is 0 Å². The quantitative estimate of drug-likeness (QED) is 0.563. The van der Waals surface area contributed by atoms with Crippen LogP contribution in [-0.2, 0) is 19.1 Å². The predicted octanol–water partition coefficient (Wildman–Crippen LogP) is 5.42. The van der Waals surface area contributed by atoms with Gasteiger partial charge in [-0.15, -0.1) is 0 Å². The Balaban J connectivity index is 1.68. The molecule has 5 heteroatoms. The zero-order valence-electron chi connectivity index (χ0n) is 20.4. The Hall–Kier alpha value is -2.43. The molecule has 0 aliphatic heterocycles. The number of hydrogen-bond acceptors (Lipinski definition) is 5. The Morgan fingerprint density at radius 3 is 2.48 bits per heavy atom. The summed E-state index contributed by atoms with van der Waals surface area (Å²) in [5.41, 5.74) is 0.363. The van der Waals surface area contributed by atoms with Crippen LogP contribution in [0.4, 0.5) is 0 Å². The molecular weight excluding hydrogens is 416 g/mol. The first kappa shape index (κ1) is 22.4. The number of ketones is 2. The van der Waals surface area contributed by atoms with Crippen LogP contribution in [0.1, 0.15) is 72.3 Å². The summed E-state index contributed by atoms with van der Waals surface area (Å²) in [6, 6.07) is 1.89. The Kier molecular flexibility index (Phi) is 4.61. The topological polar surface area (TPSA) is 73.6 Å². The van der Waals surface area contributed by atoms with Crippen LogP contribution in [0.15, 0.2) is 46.8 Å². The lowest BCUT2D eigenvalue weighted by Gasteiger charge is -2.66. The van der Waals surface area contributed by atoms with Crippen molar-refractivity contribution in [2.45, 2.75) is 72.8 Å². The zero-order valence-corrected chi connectivity index (χ0v) is 20.4. The van der Waals surface area contributed by atoms with Crippen LogP contribution in [-0.4, -0.2) is 23.6 Å². The first-order chi connectivity index (χ1) is 15.4. The van der Waals surface area contributed by atoms with Gasteiger partial charge >= 0.3 is 5.97 Å². The van der Waals surface area contributed by atoms with Gasteiger partial charge in [-0.2, -0.15) is 0 Å². The number of rotatable bonds is 2. The summed E-state index contributed by atoms with van der Waals surface area (Å²) < 4.78 is 11.4. The van der Waals surface area contributed by atoms with Gasteiger partial charge in [-0.05, 0) is 60.3 Å². The minimum Gasteiger partial charge on any atom is -0.472 e. The number of carbonyl (C=O) groups is 3. The molecule has 4 aliphatic carbocycles. The van der Waals surface area contributed by atoms with Crippen molar-refractivity contribution in [3.05, 3.63) is 48.0 Å². The molecule has 7 atom stereocenters. The van der Waals surface area contributed by atoms with Gasteiger partial charge in [-0.1, -0.05) is 40.7 Å². The van der Waals surface area contributed by atoms with Gasteiger partial charge in [0.25, 0.3) is 0 Å². The molecule has 5 nitrogen and oxygen atoms in total. The molecule has 176 valence electrons. The lowest BCUT2D eigenvalue weighted by Crippen LogP contribution is -2.64. The molecule has 1 heterocycles. The van der Waals surface area contributed by atoms with Crippen molar-refractivity contribution in [1.82, 2.24) is 0 Å². The van der Waals surface area contributed by atoms with Crippen LogP contribution in [0.3, 0.4) is 0 Å². The average Bonchev–Trinajstić information content (AvgIpc) is 3.32. The maximum Gasteiger partial charge on any atom is 0.302 e. The van der Waals surface area contributed by atoms with E-state index in [1.807, 2.05) is 26.0 Å². The van der Waals surface area contributed by atoms with Crippen LogP contribution in [0, 0.1) is 33.5 Å². The molecule has 0 bridgehead atoms. The molecule has 0 amide bonds. The van der Waals surface area contributed by atoms with E-state index < -0.39 is 16.9 Å². The highest BCUT2D eigenvalue weighted by molar-refractivity contribution is 6.01. The standard InChI is InChI=1S/C28H34O5/c1-16(29)33-23-14-20-25(2,3)22(31)8-11-26(20,4)19-7-10-27(5)21(28(19,23)6)13-18(30)24(27)17-9-12-32-15-17/h8-9,11-13,15,19-20,23-24H,7,10,14H2,1-6H3/t19-,20+,23-,24-,26+,27+,28+/m0/s1. The molecule has 1 aromatic heterocycles.